The van der Waals surface area contributed by atoms with Gasteiger partial charge in [0.2, 0.25) is 0 Å². The van der Waals surface area contributed by atoms with E-state index >= 15 is 0 Å². The van der Waals surface area contributed by atoms with Gasteiger partial charge in [0.05, 0.1) is 0 Å². The molecular formula is C7H7NO2S. The minimum Gasteiger partial charge on any atom is -0.424 e. The van der Waals surface area contributed by atoms with Gasteiger partial charge in [0.1, 0.15) is 0 Å². The number of hydrogen-bond donors (Lipinski definition) is 0. The molecule has 0 aliphatic rings. The monoisotopic (exact) mass is 169 g/mol. The number of rotatable bonds is 2. The maximum Gasteiger partial charge on any atom is 0.308 e. The van der Waals surface area contributed by atoms with Gasteiger partial charge in [-0.15, -0.1) is 11.3 Å². The van der Waals surface area contributed by atoms with Gasteiger partial charge in [0.25, 0.3) is 0 Å². The topological polar surface area (TPSA) is 39.2 Å². The summed E-state index contributed by atoms with van der Waals surface area (Å²) >= 11 is 1.39. The van der Waals surface area contributed by atoms with Crippen LogP contribution in [0, 0.1) is 0 Å². The number of carbonyl (C=O) groups excluding carboxylic acids is 1. The molecular weight excluding hydrogens is 162 g/mol. The van der Waals surface area contributed by atoms with Crippen molar-refractivity contribution in [2.24, 2.45) is 0 Å². The first-order valence-corrected chi connectivity index (χ1v) is 3.85. The molecule has 3 nitrogen and oxygen atoms in total. The predicted molar refractivity (Wildman–Crippen MR) is 42.9 cm³/mol. The molecule has 0 N–H and O–H groups in total. The number of aromatic nitrogens is 1. The summed E-state index contributed by atoms with van der Waals surface area (Å²) in [7, 11) is 0. The van der Waals surface area contributed by atoms with E-state index in [9.17, 15) is 4.79 Å². The maximum absolute atomic E-state index is 10.4. The molecule has 0 atom stereocenters. The molecule has 0 saturated carbocycles. The highest BCUT2D eigenvalue weighted by Crippen LogP contribution is 2.15. The maximum atomic E-state index is 10.4. The summed E-state index contributed by atoms with van der Waals surface area (Å²) in [6.07, 6.45) is 1.63. The molecule has 0 amide bonds. The summed E-state index contributed by atoms with van der Waals surface area (Å²) in [4.78, 5) is 14.4. The molecule has 0 radical (unpaired) electrons. The first kappa shape index (κ1) is 7.94. The van der Waals surface area contributed by atoms with Crippen molar-refractivity contribution in [2.75, 3.05) is 0 Å². The summed E-state index contributed by atoms with van der Waals surface area (Å²) in [6, 6.07) is 0. The Morgan fingerprint density at radius 2 is 2.55 bits per heavy atom. The second-order valence-electron chi connectivity index (χ2n) is 1.85. The summed E-state index contributed by atoms with van der Waals surface area (Å²) < 4.78 is 4.71. The third-order valence-corrected chi connectivity index (χ3v) is 1.75. The predicted octanol–water partition coefficient (Wildman–Crippen LogP) is 1.68. The molecule has 1 aromatic rings. The molecule has 0 saturated heterocycles. The Bertz CT molecular complexity index is 266. The van der Waals surface area contributed by atoms with E-state index in [1.54, 1.807) is 11.6 Å². The molecule has 58 valence electrons. The van der Waals surface area contributed by atoms with Crippen molar-refractivity contribution in [3.05, 3.63) is 23.2 Å². The Morgan fingerprint density at radius 1 is 1.82 bits per heavy atom. The zero-order valence-electron chi connectivity index (χ0n) is 6.03. The quantitative estimate of drug-likeness (QED) is 0.499. The third-order valence-electron chi connectivity index (χ3n) is 0.938. The Kier molecular flexibility index (Phi) is 2.38. The molecule has 0 aliphatic carbocycles. The number of thiazole rings is 1. The van der Waals surface area contributed by atoms with E-state index in [0.717, 1.165) is 0 Å². The van der Waals surface area contributed by atoms with Crippen LogP contribution < -0.4 is 0 Å². The molecule has 0 spiro atoms. The molecule has 1 rings (SSSR count). The van der Waals surface area contributed by atoms with Crippen molar-refractivity contribution >= 4 is 23.1 Å². The number of carbonyl (C=O) groups is 1. The zero-order valence-corrected chi connectivity index (χ0v) is 6.85. The lowest BCUT2D eigenvalue weighted by molar-refractivity contribution is -0.134. The van der Waals surface area contributed by atoms with Crippen LogP contribution in [0.3, 0.4) is 0 Å². The molecule has 0 fully saturated rings. The molecule has 0 bridgehead atoms. The summed E-state index contributed by atoms with van der Waals surface area (Å²) in [6.45, 7) is 4.87. The van der Waals surface area contributed by atoms with Gasteiger partial charge in [-0.2, -0.15) is 0 Å². The van der Waals surface area contributed by atoms with Gasteiger partial charge in [0.15, 0.2) is 10.8 Å². The van der Waals surface area contributed by atoms with E-state index in [-0.39, 0.29) is 5.97 Å². The Balaban J connectivity index is 2.64. The van der Waals surface area contributed by atoms with Crippen molar-refractivity contribution in [1.82, 2.24) is 4.98 Å². The molecule has 0 aliphatic heterocycles. The molecule has 1 aromatic heterocycles. The molecule has 4 heteroatoms. The summed E-state index contributed by atoms with van der Waals surface area (Å²) in [5.74, 6) is -0.0577. The van der Waals surface area contributed by atoms with Crippen LogP contribution >= 0.6 is 11.3 Å². The Hall–Kier alpha value is -1.16. The van der Waals surface area contributed by atoms with Crippen LogP contribution in [-0.4, -0.2) is 11.0 Å². The van der Waals surface area contributed by atoms with Gasteiger partial charge < -0.3 is 4.74 Å². The number of esters is 1. The van der Waals surface area contributed by atoms with Crippen molar-refractivity contribution in [2.45, 2.75) is 6.92 Å². The molecule has 0 unspecified atom stereocenters. The van der Waals surface area contributed by atoms with Crippen molar-refractivity contribution < 1.29 is 9.53 Å². The first-order chi connectivity index (χ1) is 5.20. The Labute approximate surface area is 68.3 Å². The normalized spacial score (nSPS) is 9.18. The average molecular weight is 169 g/mol. The number of ether oxygens (including phenoxy) is 1. The molecule has 0 aromatic carbocycles. The second-order valence-corrected chi connectivity index (χ2v) is 2.75. The fraction of sp³-hybridized carbons (Fsp3) is 0.143. The van der Waals surface area contributed by atoms with Crippen molar-refractivity contribution in [3.8, 4) is 0 Å². The highest BCUT2D eigenvalue weighted by Gasteiger charge is 2.03. The van der Waals surface area contributed by atoms with E-state index < -0.39 is 0 Å². The second kappa shape index (κ2) is 3.30. The lowest BCUT2D eigenvalue weighted by Crippen LogP contribution is -1.96. The average Bonchev–Trinajstić information content (AvgIpc) is 2.35. The van der Waals surface area contributed by atoms with Crippen LogP contribution in [0.2, 0.25) is 0 Å². The van der Waals surface area contributed by atoms with Crippen LogP contribution in [0.1, 0.15) is 11.9 Å². The third kappa shape index (κ3) is 2.16. The zero-order chi connectivity index (χ0) is 8.27. The van der Waals surface area contributed by atoms with Crippen molar-refractivity contribution in [1.29, 1.82) is 0 Å². The minimum atomic E-state index is -0.370. The van der Waals surface area contributed by atoms with Crippen LogP contribution in [0.25, 0.3) is 5.76 Å². The lowest BCUT2D eigenvalue weighted by Gasteiger charge is -1.98. The van der Waals surface area contributed by atoms with Crippen molar-refractivity contribution in [3.63, 3.8) is 0 Å². The number of hydrogen-bond acceptors (Lipinski definition) is 4. The van der Waals surface area contributed by atoms with Gasteiger partial charge in [-0.25, -0.2) is 4.98 Å². The van der Waals surface area contributed by atoms with Crippen LogP contribution in [0.15, 0.2) is 18.2 Å². The van der Waals surface area contributed by atoms with E-state index in [4.69, 9.17) is 4.74 Å². The van der Waals surface area contributed by atoms with Gasteiger partial charge in [-0.05, 0) is 0 Å². The van der Waals surface area contributed by atoms with E-state index in [2.05, 4.69) is 11.6 Å². The SMILES string of the molecule is C=C(OC(C)=O)c1nccs1. The minimum absolute atomic E-state index is 0.313. The van der Waals surface area contributed by atoms with Gasteiger partial charge >= 0.3 is 5.97 Å². The van der Waals surface area contributed by atoms with Crippen LogP contribution in [0.4, 0.5) is 0 Å². The highest BCUT2D eigenvalue weighted by atomic mass is 32.1. The van der Waals surface area contributed by atoms with Gasteiger partial charge in [-0.1, -0.05) is 6.58 Å². The standard InChI is InChI=1S/C7H7NO2S/c1-5(10-6(2)9)7-8-3-4-11-7/h3-4H,1H2,2H3. The van der Waals surface area contributed by atoms with Gasteiger partial charge in [-0.3, -0.25) is 4.79 Å². The smallest absolute Gasteiger partial charge is 0.308 e. The molecule has 11 heavy (non-hydrogen) atoms. The van der Waals surface area contributed by atoms with Gasteiger partial charge in [0, 0.05) is 18.5 Å². The van der Waals surface area contributed by atoms with E-state index in [1.807, 2.05) is 0 Å². The number of nitrogens with zero attached hydrogens (tertiary/aromatic N) is 1. The summed E-state index contributed by atoms with van der Waals surface area (Å²) in [5.41, 5.74) is 0. The fourth-order valence-corrected chi connectivity index (χ4v) is 1.12. The molecule has 1 heterocycles. The Morgan fingerprint density at radius 3 is 3.00 bits per heavy atom. The van der Waals surface area contributed by atoms with Crippen LogP contribution in [-0.2, 0) is 9.53 Å². The highest BCUT2D eigenvalue weighted by molar-refractivity contribution is 7.10. The summed E-state index contributed by atoms with van der Waals surface area (Å²) in [5, 5.41) is 2.43. The fourth-order valence-electron chi connectivity index (χ4n) is 0.578. The largest absolute Gasteiger partial charge is 0.424 e. The lowest BCUT2D eigenvalue weighted by atomic mass is 10.6. The van der Waals surface area contributed by atoms with E-state index in [1.165, 1.54) is 18.3 Å². The van der Waals surface area contributed by atoms with Crippen LogP contribution in [0.5, 0.6) is 0 Å². The van der Waals surface area contributed by atoms with E-state index in [0.29, 0.717) is 10.8 Å². The first-order valence-electron chi connectivity index (χ1n) is 2.97.